The molecule has 29 heteroatoms. The van der Waals surface area contributed by atoms with Gasteiger partial charge in [0.05, 0.1) is 49.4 Å². The third kappa shape index (κ3) is 20.5. The fraction of sp³-hybridized carbons (Fsp3) is 0.629. The summed E-state index contributed by atoms with van der Waals surface area (Å²) in [5, 5.41) is 109. The van der Waals surface area contributed by atoms with Crippen LogP contribution in [0.5, 0.6) is 11.5 Å². The third-order valence-electron chi connectivity index (χ3n) is 17.1. The molecule has 506 valence electrons. The zero-order valence-electron chi connectivity index (χ0n) is 51.8. The van der Waals surface area contributed by atoms with Gasteiger partial charge in [-0.25, -0.2) is 14.4 Å². The SMILES string of the molecule is CC(C)(C)C(=O)OCOc1ccc2c(c1)[C@@]13CCCC[C@@H]1[C@H](C2)NCC3.CC(C)(C)C(=O)OCOc1ccc2c(c1)[C@@]13CCCC[C@@H]1[C@H](C2)NCC3.O=C(O)CC(O)(CC(=O)O)C(=O)O.O=C(O)CC(O)(CC(=O)O)C(=O)O.O=C(O)CC(O)(CC(=O)O)C(=O)O. The minimum atomic E-state index is -2.74. The van der Waals surface area contributed by atoms with Gasteiger partial charge in [-0.15, -0.1) is 0 Å². The molecule has 0 unspecified atom stereocenters. The molecule has 2 aromatic rings. The number of aliphatic hydroxyl groups is 3. The Balaban J connectivity index is 0.000000255. The lowest BCUT2D eigenvalue weighted by Crippen LogP contribution is -2.59. The van der Waals surface area contributed by atoms with Crippen LogP contribution in [0.15, 0.2) is 36.4 Å². The van der Waals surface area contributed by atoms with Crippen LogP contribution in [0.2, 0.25) is 0 Å². The first-order valence-corrected chi connectivity index (χ1v) is 29.7. The van der Waals surface area contributed by atoms with E-state index >= 15 is 0 Å². The number of aliphatic carboxylic acids is 9. The highest BCUT2D eigenvalue weighted by Gasteiger charge is 2.53. The molecule has 8 rings (SSSR count). The summed E-state index contributed by atoms with van der Waals surface area (Å²) >= 11 is 0. The second-order valence-corrected chi connectivity index (χ2v) is 26.0. The van der Waals surface area contributed by atoms with Crippen LogP contribution in [0.3, 0.4) is 0 Å². The van der Waals surface area contributed by atoms with Crippen LogP contribution in [0.1, 0.15) is 167 Å². The molecule has 0 amide bonds. The Morgan fingerprint density at radius 3 is 0.978 bits per heavy atom. The smallest absolute Gasteiger partial charge is 0.336 e. The van der Waals surface area contributed by atoms with Crippen molar-refractivity contribution in [3.63, 3.8) is 0 Å². The molecule has 2 heterocycles. The summed E-state index contributed by atoms with van der Waals surface area (Å²) in [6.45, 7) is 13.3. The highest BCUT2D eigenvalue weighted by atomic mass is 16.7. The maximum Gasteiger partial charge on any atom is 0.336 e. The van der Waals surface area contributed by atoms with Crippen molar-refractivity contribution in [2.75, 3.05) is 26.7 Å². The summed E-state index contributed by atoms with van der Waals surface area (Å²) in [6.07, 6.45) is 8.49. The van der Waals surface area contributed by atoms with Crippen molar-refractivity contribution >= 4 is 65.7 Å². The average Bonchev–Trinajstić information content (AvgIpc) is 0.734. The zero-order valence-corrected chi connectivity index (χ0v) is 51.8. The monoisotopic (exact) mass is 1290 g/mol. The normalized spacial score (nSPS) is 21.9. The number of carbonyl (C=O) groups excluding carboxylic acids is 2. The molecule has 0 spiro atoms. The van der Waals surface area contributed by atoms with Gasteiger partial charge in [-0.3, -0.25) is 38.4 Å². The highest BCUT2D eigenvalue weighted by Crippen LogP contribution is 2.56. The Labute approximate surface area is 524 Å². The first kappa shape index (κ1) is 75.5. The largest absolute Gasteiger partial charge is 0.481 e. The molecule has 0 radical (unpaired) electrons. The number of benzene rings is 2. The van der Waals surface area contributed by atoms with Crippen molar-refractivity contribution in [3.05, 3.63) is 58.7 Å². The van der Waals surface area contributed by atoms with E-state index in [1.807, 2.05) is 53.7 Å². The van der Waals surface area contributed by atoms with Crippen LogP contribution < -0.4 is 20.1 Å². The molecular weight excluding hydrogens is 1200 g/mol. The molecule has 6 atom stereocenters. The third-order valence-corrected chi connectivity index (χ3v) is 17.1. The number of piperidine rings is 2. The first-order chi connectivity index (χ1) is 42.1. The molecule has 91 heavy (non-hydrogen) atoms. The van der Waals surface area contributed by atoms with Crippen LogP contribution in [-0.2, 0) is 85.9 Å². The predicted octanol–water partition coefficient (Wildman–Crippen LogP) is 4.17. The fourth-order valence-electron chi connectivity index (χ4n) is 12.9. The molecule has 29 nitrogen and oxygen atoms in total. The molecule has 0 aromatic heterocycles. The van der Waals surface area contributed by atoms with Gasteiger partial charge in [0.15, 0.2) is 16.8 Å². The van der Waals surface area contributed by atoms with Crippen molar-refractivity contribution in [3.8, 4) is 11.5 Å². The van der Waals surface area contributed by atoms with Crippen LogP contribution >= 0.6 is 0 Å². The Morgan fingerprint density at radius 1 is 0.440 bits per heavy atom. The van der Waals surface area contributed by atoms with Crippen molar-refractivity contribution < 1.29 is 133 Å². The molecule has 2 aromatic carbocycles. The maximum atomic E-state index is 11.9. The topological polar surface area (TPSA) is 492 Å². The van der Waals surface area contributed by atoms with Crippen molar-refractivity contribution in [1.29, 1.82) is 0 Å². The molecular formula is C62H86N2O27. The second-order valence-electron chi connectivity index (χ2n) is 26.0. The standard InChI is InChI=1S/2C22H31NO3.3C6H8O7/c2*1-21(2,3)20(24)26-14-25-16-8-7-15-12-19-17-6-4-5-9-22(17,10-11-23-19)18(15)13-16;3*7-3(8)1-6(13,5(11)12)2-4(9)10/h2*7-8,13,17,19,23H,4-6,9-12,14H2,1-3H3;3*13H,1-2H2,(H,7,8)(H,9,10)(H,11,12)/t2*17-,19+,22-;;;/m11.../s1. The Kier molecular flexibility index (Phi) is 26.0. The summed E-state index contributed by atoms with van der Waals surface area (Å²) in [5.41, 5.74) is -2.63. The molecule has 2 saturated carbocycles. The van der Waals surface area contributed by atoms with E-state index in [0.29, 0.717) is 22.9 Å². The maximum absolute atomic E-state index is 11.9. The summed E-state index contributed by atoms with van der Waals surface area (Å²) in [4.78, 5) is 115. The van der Waals surface area contributed by atoms with E-state index < -0.39 is 120 Å². The van der Waals surface area contributed by atoms with Crippen molar-refractivity contribution in [1.82, 2.24) is 10.6 Å². The van der Waals surface area contributed by atoms with Gasteiger partial charge in [-0.05, 0) is 164 Å². The average molecular weight is 1290 g/mol. The van der Waals surface area contributed by atoms with Crippen LogP contribution in [0.4, 0.5) is 0 Å². The Hall–Kier alpha value is -7.99. The molecule has 4 bridgehead atoms. The number of esters is 2. The lowest BCUT2D eigenvalue weighted by molar-refractivity contribution is -0.170. The quantitative estimate of drug-likeness (QED) is 0.0616. The van der Waals surface area contributed by atoms with Crippen LogP contribution in [0.25, 0.3) is 0 Å². The highest BCUT2D eigenvalue weighted by molar-refractivity contribution is 5.89. The lowest BCUT2D eigenvalue weighted by Gasteiger charge is -2.56. The Morgan fingerprint density at radius 2 is 0.725 bits per heavy atom. The van der Waals surface area contributed by atoms with E-state index in [2.05, 4.69) is 34.9 Å². The number of rotatable bonds is 21. The summed E-state index contributed by atoms with van der Waals surface area (Å²) in [5.74, 6) is -12.4. The van der Waals surface area contributed by atoms with Gasteiger partial charge in [-0.1, -0.05) is 37.8 Å². The number of ether oxygens (including phenoxy) is 4. The van der Waals surface area contributed by atoms with E-state index in [4.69, 9.17) is 80.2 Å². The minimum Gasteiger partial charge on any atom is -0.481 e. The molecule has 14 N–H and O–H groups in total. The fourth-order valence-corrected chi connectivity index (χ4v) is 12.9. The van der Waals surface area contributed by atoms with E-state index in [1.54, 1.807) is 0 Å². The van der Waals surface area contributed by atoms with E-state index in [1.165, 1.54) is 86.5 Å². The molecule has 2 saturated heterocycles. The second kappa shape index (κ2) is 31.4. The number of fused-ring (bicyclic) bond motifs is 2. The summed E-state index contributed by atoms with van der Waals surface area (Å²) in [6, 6.07) is 14.2. The number of nitrogens with one attached hydrogen (secondary N) is 2. The number of carboxylic acids is 9. The van der Waals surface area contributed by atoms with Crippen LogP contribution in [-0.4, -0.2) is 183 Å². The van der Waals surface area contributed by atoms with E-state index in [-0.39, 0.29) is 25.5 Å². The van der Waals surface area contributed by atoms with Gasteiger partial charge in [-0.2, -0.15) is 0 Å². The minimum absolute atomic E-state index is 0.0184. The predicted molar refractivity (Wildman–Crippen MR) is 314 cm³/mol. The van der Waals surface area contributed by atoms with Gasteiger partial charge >= 0.3 is 65.7 Å². The number of hydrogen-bond donors (Lipinski definition) is 14. The molecule has 2 aliphatic heterocycles. The van der Waals surface area contributed by atoms with E-state index in [9.17, 15) is 52.7 Å². The number of hydrogen-bond acceptors (Lipinski definition) is 20. The number of carbonyl (C=O) groups is 11. The number of carboxylic acid groups (broad SMARTS) is 9. The van der Waals surface area contributed by atoms with Gasteiger partial charge in [0.25, 0.3) is 0 Å². The van der Waals surface area contributed by atoms with E-state index in [0.717, 1.165) is 49.3 Å². The molecule has 4 fully saturated rings. The lowest BCUT2D eigenvalue weighted by atomic mass is 9.53. The van der Waals surface area contributed by atoms with Gasteiger partial charge in [0.1, 0.15) is 11.5 Å². The molecule has 4 aliphatic carbocycles. The van der Waals surface area contributed by atoms with Crippen molar-refractivity contribution in [2.24, 2.45) is 22.7 Å². The first-order valence-electron chi connectivity index (χ1n) is 29.7. The Bertz CT molecular complexity index is 2700. The zero-order chi connectivity index (χ0) is 68.7. The van der Waals surface area contributed by atoms with Gasteiger partial charge < -0.3 is 90.9 Å². The summed E-state index contributed by atoms with van der Waals surface area (Å²) in [7, 11) is 0. The van der Waals surface area contributed by atoms with Crippen molar-refractivity contribution in [2.45, 2.75) is 197 Å². The van der Waals surface area contributed by atoms with Crippen LogP contribution in [0, 0.1) is 22.7 Å². The van der Waals surface area contributed by atoms with Gasteiger partial charge in [0, 0.05) is 22.9 Å². The van der Waals surface area contributed by atoms with Gasteiger partial charge in [0.2, 0.25) is 13.6 Å². The molecule has 6 aliphatic rings. The summed E-state index contributed by atoms with van der Waals surface area (Å²) < 4.78 is 22.1.